The van der Waals surface area contributed by atoms with Crippen molar-refractivity contribution in [1.29, 1.82) is 0 Å². The second-order valence-electron chi connectivity index (χ2n) is 3.23. The summed E-state index contributed by atoms with van der Waals surface area (Å²) >= 11 is 2.04. The molecule has 0 radical (unpaired) electrons. The van der Waals surface area contributed by atoms with Crippen molar-refractivity contribution in [3.05, 3.63) is 0 Å². The summed E-state index contributed by atoms with van der Waals surface area (Å²) in [6, 6.07) is 0. The summed E-state index contributed by atoms with van der Waals surface area (Å²) in [5.74, 6) is 0. The molecular formula is C8H17NS. The molecule has 0 amide bonds. The molecule has 10 heavy (non-hydrogen) atoms. The van der Waals surface area contributed by atoms with Crippen molar-refractivity contribution in [2.45, 2.75) is 24.5 Å². The van der Waals surface area contributed by atoms with Gasteiger partial charge in [-0.25, -0.2) is 0 Å². The normalized spacial score (nSPS) is 35.1. The van der Waals surface area contributed by atoms with Crippen LogP contribution in [0.1, 0.15) is 19.8 Å². The van der Waals surface area contributed by atoms with E-state index in [1.165, 1.54) is 25.9 Å². The highest BCUT2D eigenvalue weighted by Crippen LogP contribution is 2.35. The molecule has 0 N–H and O–H groups in total. The molecule has 1 atom stereocenters. The van der Waals surface area contributed by atoms with Crippen LogP contribution >= 0.6 is 11.8 Å². The monoisotopic (exact) mass is 159 g/mol. The summed E-state index contributed by atoms with van der Waals surface area (Å²) in [7, 11) is 2.22. The first-order chi connectivity index (χ1) is 4.72. The van der Waals surface area contributed by atoms with E-state index in [1.54, 1.807) is 0 Å². The van der Waals surface area contributed by atoms with E-state index in [0.717, 1.165) is 0 Å². The van der Waals surface area contributed by atoms with Gasteiger partial charge in [-0.1, -0.05) is 6.92 Å². The van der Waals surface area contributed by atoms with Crippen molar-refractivity contribution < 1.29 is 0 Å². The van der Waals surface area contributed by atoms with E-state index in [-0.39, 0.29) is 0 Å². The van der Waals surface area contributed by atoms with Gasteiger partial charge in [0.1, 0.15) is 0 Å². The molecule has 1 saturated heterocycles. The molecule has 1 unspecified atom stereocenters. The Morgan fingerprint density at radius 1 is 1.60 bits per heavy atom. The Hall–Kier alpha value is 0.310. The van der Waals surface area contributed by atoms with Crippen molar-refractivity contribution >= 4 is 11.8 Å². The van der Waals surface area contributed by atoms with Gasteiger partial charge in [0, 0.05) is 11.3 Å². The maximum atomic E-state index is 2.43. The highest BCUT2D eigenvalue weighted by Gasteiger charge is 2.33. The van der Waals surface area contributed by atoms with E-state index in [4.69, 9.17) is 0 Å². The van der Waals surface area contributed by atoms with E-state index in [9.17, 15) is 0 Å². The van der Waals surface area contributed by atoms with Crippen LogP contribution in [-0.2, 0) is 0 Å². The van der Waals surface area contributed by atoms with Crippen molar-refractivity contribution in [2.75, 3.05) is 26.4 Å². The predicted molar refractivity (Wildman–Crippen MR) is 48.7 cm³/mol. The van der Waals surface area contributed by atoms with Crippen LogP contribution in [0.4, 0.5) is 0 Å². The van der Waals surface area contributed by atoms with Gasteiger partial charge in [-0.15, -0.1) is 0 Å². The summed E-state index contributed by atoms with van der Waals surface area (Å²) in [6.45, 7) is 4.87. The number of thioether (sulfide) groups is 1. The zero-order valence-corrected chi connectivity index (χ0v) is 8.00. The van der Waals surface area contributed by atoms with Gasteiger partial charge in [-0.05, 0) is 32.7 Å². The fraction of sp³-hybridized carbons (Fsp3) is 1.00. The van der Waals surface area contributed by atoms with Crippen LogP contribution in [0.2, 0.25) is 0 Å². The average molecular weight is 159 g/mol. The number of hydrogen-bond donors (Lipinski definition) is 0. The first-order valence-corrected chi connectivity index (χ1v) is 5.18. The predicted octanol–water partition coefficient (Wildman–Crippen LogP) is 1.83. The standard InChI is InChI=1S/C8H17NS/c1-4-8(10-3)5-6-9(2)7-8/h4-7H2,1-3H3. The minimum Gasteiger partial charge on any atom is -0.305 e. The lowest BCUT2D eigenvalue weighted by Crippen LogP contribution is -2.27. The van der Waals surface area contributed by atoms with Crippen molar-refractivity contribution in [1.82, 2.24) is 4.90 Å². The second kappa shape index (κ2) is 3.14. The third kappa shape index (κ3) is 1.48. The van der Waals surface area contributed by atoms with Gasteiger partial charge in [0.15, 0.2) is 0 Å². The smallest absolute Gasteiger partial charge is 0.0293 e. The van der Waals surface area contributed by atoms with Gasteiger partial charge < -0.3 is 4.90 Å². The molecule has 0 aromatic rings. The molecule has 60 valence electrons. The molecule has 0 aromatic heterocycles. The summed E-state index contributed by atoms with van der Waals surface area (Å²) in [5, 5.41) is 0. The van der Waals surface area contributed by atoms with Crippen molar-refractivity contribution in [3.8, 4) is 0 Å². The van der Waals surface area contributed by atoms with Gasteiger partial charge in [0.25, 0.3) is 0 Å². The quantitative estimate of drug-likeness (QED) is 0.605. The average Bonchev–Trinajstić information content (AvgIpc) is 2.33. The van der Waals surface area contributed by atoms with Gasteiger partial charge in [-0.2, -0.15) is 11.8 Å². The van der Waals surface area contributed by atoms with Gasteiger partial charge in [-0.3, -0.25) is 0 Å². The van der Waals surface area contributed by atoms with Crippen LogP contribution in [-0.4, -0.2) is 36.0 Å². The highest BCUT2D eigenvalue weighted by molar-refractivity contribution is 8.00. The van der Waals surface area contributed by atoms with Gasteiger partial charge in [0.05, 0.1) is 0 Å². The molecule has 0 bridgehead atoms. The van der Waals surface area contributed by atoms with Crippen LogP contribution in [0.5, 0.6) is 0 Å². The Morgan fingerprint density at radius 2 is 2.30 bits per heavy atom. The summed E-state index contributed by atoms with van der Waals surface area (Å²) < 4.78 is 0.592. The zero-order valence-electron chi connectivity index (χ0n) is 7.18. The lowest BCUT2D eigenvalue weighted by molar-refractivity contribution is 0.402. The molecule has 0 aliphatic carbocycles. The highest BCUT2D eigenvalue weighted by atomic mass is 32.2. The lowest BCUT2D eigenvalue weighted by atomic mass is 10.1. The fourth-order valence-corrected chi connectivity index (χ4v) is 2.58. The van der Waals surface area contributed by atoms with E-state index in [2.05, 4.69) is 25.1 Å². The minimum atomic E-state index is 0.592. The van der Waals surface area contributed by atoms with Crippen molar-refractivity contribution in [3.63, 3.8) is 0 Å². The number of rotatable bonds is 2. The van der Waals surface area contributed by atoms with Gasteiger partial charge in [0.2, 0.25) is 0 Å². The number of nitrogens with zero attached hydrogens (tertiary/aromatic N) is 1. The molecule has 2 heteroatoms. The van der Waals surface area contributed by atoms with Crippen LogP contribution in [0.15, 0.2) is 0 Å². The molecule has 1 aliphatic heterocycles. The molecule has 1 fully saturated rings. The van der Waals surface area contributed by atoms with Crippen LogP contribution in [0.3, 0.4) is 0 Å². The van der Waals surface area contributed by atoms with Crippen LogP contribution < -0.4 is 0 Å². The third-order valence-corrected chi connectivity index (χ3v) is 4.07. The summed E-state index contributed by atoms with van der Waals surface area (Å²) in [4.78, 5) is 2.43. The molecule has 0 saturated carbocycles. The molecule has 0 aromatic carbocycles. The Balaban J connectivity index is 2.51. The first-order valence-electron chi connectivity index (χ1n) is 3.96. The third-order valence-electron chi connectivity index (χ3n) is 2.58. The van der Waals surface area contributed by atoms with Gasteiger partial charge >= 0.3 is 0 Å². The molecule has 1 heterocycles. The van der Waals surface area contributed by atoms with Crippen LogP contribution in [0, 0.1) is 0 Å². The Labute approximate surface area is 68.2 Å². The topological polar surface area (TPSA) is 3.24 Å². The lowest BCUT2D eigenvalue weighted by Gasteiger charge is -2.24. The Bertz CT molecular complexity index is 110. The zero-order chi connectivity index (χ0) is 7.61. The van der Waals surface area contributed by atoms with E-state index >= 15 is 0 Å². The maximum absolute atomic E-state index is 2.43. The van der Waals surface area contributed by atoms with E-state index in [1.807, 2.05) is 11.8 Å². The maximum Gasteiger partial charge on any atom is 0.0293 e. The van der Waals surface area contributed by atoms with E-state index < -0.39 is 0 Å². The minimum absolute atomic E-state index is 0.592. The fourth-order valence-electron chi connectivity index (χ4n) is 1.64. The SMILES string of the molecule is CCC1(SC)CCN(C)C1. The molecule has 1 aliphatic rings. The van der Waals surface area contributed by atoms with Crippen LogP contribution in [0.25, 0.3) is 0 Å². The Kier molecular flexibility index (Phi) is 2.64. The summed E-state index contributed by atoms with van der Waals surface area (Å²) in [5.41, 5.74) is 0. The number of likely N-dealkylation sites (tertiary alicyclic amines) is 1. The molecular weight excluding hydrogens is 142 g/mol. The second-order valence-corrected chi connectivity index (χ2v) is 4.50. The largest absolute Gasteiger partial charge is 0.305 e. The molecule has 0 spiro atoms. The molecule has 1 nitrogen and oxygen atoms in total. The Morgan fingerprint density at radius 3 is 2.50 bits per heavy atom. The van der Waals surface area contributed by atoms with Crippen molar-refractivity contribution in [2.24, 2.45) is 0 Å². The number of hydrogen-bond acceptors (Lipinski definition) is 2. The summed E-state index contributed by atoms with van der Waals surface area (Å²) in [6.07, 6.45) is 4.93. The first kappa shape index (κ1) is 8.41. The van der Waals surface area contributed by atoms with E-state index in [0.29, 0.717) is 4.75 Å². The molecule has 1 rings (SSSR count).